The van der Waals surface area contributed by atoms with Crippen LogP contribution in [0, 0.1) is 13.8 Å². The standard InChI is InChI=1S/C23H30ClNO3/c1-17-5-6-19(18(2)12-17)13-25(15-23-4-3-11-27-23)14-21(26)16-28-22-9-7-20(24)8-10-22/h5-10,12,21,23,26H,3-4,11,13-16H2,1-2H3/t21-,23-/m0/s1. The number of hydrogen-bond donors (Lipinski definition) is 1. The lowest BCUT2D eigenvalue weighted by atomic mass is 10.0. The van der Waals surface area contributed by atoms with Gasteiger partial charge in [-0.25, -0.2) is 0 Å². The van der Waals surface area contributed by atoms with Crippen LogP contribution in [0.1, 0.15) is 29.5 Å². The smallest absolute Gasteiger partial charge is 0.119 e. The Labute approximate surface area is 173 Å². The second-order valence-electron chi connectivity index (χ2n) is 7.68. The summed E-state index contributed by atoms with van der Waals surface area (Å²) in [6.45, 7) is 7.50. The van der Waals surface area contributed by atoms with Gasteiger partial charge >= 0.3 is 0 Å². The van der Waals surface area contributed by atoms with Crippen molar-refractivity contribution in [1.29, 1.82) is 0 Å². The number of halogens is 1. The van der Waals surface area contributed by atoms with Crippen LogP contribution in [0.2, 0.25) is 5.02 Å². The van der Waals surface area contributed by atoms with Gasteiger partial charge in [-0.1, -0.05) is 35.4 Å². The van der Waals surface area contributed by atoms with Crippen LogP contribution in [-0.4, -0.2) is 48.5 Å². The van der Waals surface area contributed by atoms with E-state index in [0.717, 1.165) is 32.5 Å². The molecular formula is C23H30ClNO3. The Balaban J connectivity index is 1.59. The number of nitrogens with zero attached hydrogens (tertiary/aromatic N) is 1. The molecule has 4 nitrogen and oxygen atoms in total. The zero-order valence-electron chi connectivity index (χ0n) is 16.7. The number of hydrogen-bond acceptors (Lipinski definition) is 4. The van der Waals surface area contributed by atoms with Crippen LogP contribution in [-0.2, 0) is 11.3 Å². The molecule has 1 fully saturated rings. The fourth-order valence-corrected chi connectivity index (χ4v) is 3.74. The highest BCUT2D eigenvalue weighted by Gasteiger charge is 2.22. The molecular weight excluding hydrogens is 374 g/mol. The molecule has 2 aromatic rings. The molecule has 1 saturated heterocycles. The summed E-state index contributed by atoms with van der Waals surface area (Å²) in [5.74, 6) is 0.712. The van der Waals surface area contributed by atoms with Crippen LogP contribution in [0.15, 0.2) is 42.5 Å². The average molecular weight is 404 g/mol. The summed E-state index contributed by atoms with van der Waals surface area (Å²) in [6, 6.07) is 13.7. The minimum Gasteiger partial charge on any atom is -0.491 e. The molecule has 28 heavy (non-hydrogen) atoms. The molecule has 0 spiro atoms. The van der Waals surface area contributed by atoms with Gasteiger partial charge in [-0.2, -0.15) is 0 Å². The molecule has 152 valence electrons. The first-order chi connectivity index (χ1) is 13.5. The fourth-order valence-electron chi connectivity index (χ4n) is 3.62. The van der Waals surface area contributed by atoms with Gasteiger partial charge < -0.3 is 14.6 Å². The molecule has 1 heterocycles. The van der Waals surface area contributed by atoms with Crippen LogP contribution in [0.3, 0.4) is 0 Å². The number of benzene rings is 2. The van der Waals surface area contributed by atoms with E-state index in [0.29, 0.717) is 17.3 Å². The van der Waals surface area contributed by atoms with Gasteiger partial charge in [-0.05, 0) is 62.1 Å². The average Bonchev–Trinajstić information content (AvgIpc) is 3.16. The number of rotatable bonds is 9. The second-order valence-corrected chi connectivity index (χ2v) is 8.11. The molecule has 0 aliphatic carbocycles. The van der Waals surface area contributed by atoms with Crippen LogP contribution in [0.5, 0.6) is 5.75 Å². The third-order valence-electron chi connectivity index (χ3n) is 5.10. The van der Waals surface area contributed by atoms with Gasteiger partial charge in [0.1, 0.15) is 18.5 Å². The molecule has 2 aromatic carbocycles. The maximum absolute atomic E-state index is 10.6. The Morgan fingerprint density at radius 1 is 1.21 bits per heavy atom. The molecule has 0 bridgehead atoms. The monoisotopic (exact) mass is 403 g/mol. The molecule has 0 unspecified atom stereocenters. The van der Waals surface area contributed by atoms with E-state index in [1.54, 1.807) is 12.1 Å². The topological polar surface area (TPSA) is 41.9 Å². The number of aliphatic hydroxyl groups excluding tert-OH is 1. The van der Waals surface area contributed by atoms with E-state index in [9.17, 15) is 5.11 Å². The molecule has 0 radical (unpaired) electrons. The molecule has 0 amide bonds. The number of aryl methyl sites for hydroxylation is 2. The molecule has 1 N–H and O–H groups in total. The normalized spacial score (nSPS) is 17.8. The van der Waals surface area contributed by atoms with Gasteiger partial charge in [-0.15, -0.1) is 0 Å². The first kappa shape index (κ1) is 21.1. The van der Waals surface area contributed by atoms with E-state index in [4.69, 9.17) is 21.1 Å². The van der Waals surface area contributed by atoms with Crippen molar-refractivity contribution in [1.82, 2.24) is 4.90 Å². The zero-order valence-corrected chi connectivity index (χ0v) is 17.5. The number of aliphatic hydroxyl groups is 1. The van der Waals surface area contributed by atoms with Crippen molar-refractivity contribution in [2.75, 3.05) is 26.3 Å². The van der Waals surface area contributed by atoms with E-state index in [-0.39, 0.29) is 12.7 Å². The summed E-state index contributed by atoms with van der Waals surface area (Å²) in [4.78, 5) is 2.28. The first-order valence-electron chi connectivity index (χ1n) is 9.96. The summed E-state index contributed by atoms with van der Waals surface area (Å²) >= 11 is 5.90. The van der Waals surface area contributed by atoms with Crippen LogP contribution < -0.4 is 4.74 Å². The Morgan fingerprint density at radius 2 is 2.00 bits per heavy atom. The lowest BCUT2D eigenvalue weighted by Crippen LogP contribution is -2.39. The van der Waals surface area contributed by atoms with Gasteiger partial charge in [-0.3, -0.25) is 4.90 Å². The Kier molecular flexibility index (Phi) is 7.74. The highest BCUT2D eigenvalue weighted by atomic mass is 35.5. The fraction of sp³-hybridized carbons (Fsp3) is 0.478. The molecule has 0 saturated carbocycles. The lowest BCUT2D eigenvalue weighted by molar-refractivity contribution is 0.0313. The molecule has 1 aliphatic heterocycles. The van der Waals surface area contributed by atoms with Crippen molar-refractivity contribution in [2.45, 2.75) is 45.4 Å². The zero-order chi connectivity index (χ0) is 19.9. The summed E-state index contributed by atoms with van der Waals surface area (Å²) in [6.07, 6.45) is 1.86. The van der Waals surface area contributed by atoms with Gasteiger partial charge in [0, 0.05) is 31.3 Å². The Hall–Kier alpha value is -1.59. The Bertz CT molecular complexity index is 744. The van der Waals surface area contributed by atoms with Crippen LogP contribution in [0.4, 0.5) is 0 Å². The highest BCUT2D eigenvalue weighted by molar-refractivity contribution is 6.30. The minimum absolute atomic E-state index is 0.245. The van der Waals surface area contributed by atoms with Crippen LogP contribution in [0.25, 0.3) is 0 Å². The summed E-state index contributed by atoms with van der Waals surface area (Å²) in [7, 11) is 0. The quantitative estimate of drug-likeness (QED) is 0.674. The van der Waals surface area contributed by atoms with E-state index in [1.807, 2.05) is 12.1 Å². The molecule has 5 heteroatoms. The maximum atomic E-state index is 10.6. The minimum atomic E-state index is -0.581. The van der Waals surface area contributed by atoms with Gasteiger partial charge in [0.25, 0.3) is 0 Å². The van der Waals surface area contributed by atoms with Crippen molar-refractivity contribution in [3.8, 4) is 5.75 Å². The van der Waals surface area contributed by atoms with Crippen LogP contribution >= 0.6 is 11.6 Å². The predicted octanol–water partition coefficient (Wildman–Crippen LogP) is 4.38. The third-order valence-corrected chi connectivity index (χ3v) is 5.35. The summed E-state index contributed by atoms with van der Waals surface area (Å²) < 4.78 is 11.5. The van der Waals surface area contributed by atoms with Crippen molar-refractivity contribution in [3.63, 3.8) is 0 Å². The molecule has 0 aromatic heterocycles. The molecule has 2 atom stereocenters. The third kappa shape index (κ3) is 6.49. The molecule has 1 aliphatic rings. The Morgan fingerprint density at radius 3 is 2.68 bits per heavy atom. The molecule has 3 rings (SSSR count). The lowest BCUT2D eigenvalue weighted by Gasteiger charge is -2.28. The summed E-state index contributed by atoms with van der Waals surface area (Å²) in [5, 5.41) is 11.2. The van der Waals surface area contributed by atoms with Crippen molar-refractivity contribution in [3.05, 3.63) is 64.2 Å². The maximum Gasteiger partial charge on any atom is 0.119 e. The van der Waals surface area contributed by atoms with Gasteiger partial charge in [0.2, 0.25) is 0 Å². The SMILES string of the molecule is Cc1ccc(CN(C[C@H](O)COc2ccc(Cl)cc2)C[C@@H]2CCCO2)c(C)c1. The van der Waals surface area contributed by atoms with E-state index >= 15 is 0 Å². The van der Waals surface area contributed by atoms with Gasteiger partial charge in [0.15, 0.2) is 0 Å². The van der Waals surface area contributed by atoms with Crippen molar-refractivity contribution >= 4 is 11.6 Å². The van der Waals surface area contributed by atoms with Gasteiger partial charge in [0.05, 0.1) is 6.10 Å². The van der Waals surface area contributed by atoms with E-state index < -0.39 is 6.10 Å². The number of ether oxygens (including phenoxy) is 2. The second kappa shape index (κ2) is 10.3. The largest absolute Gasteiger partial charge is 0.491 e. The first-order valence-corrected chi connectivity index (χ1v) is 10.3. The predicted molar refractivity (Wildman–Crippen MR) is 113 cm³/mol. The summed E-state index contributed by atoms with van der Waals surface area (Å²) in [5.41, 5.74) is 3.84. The van der Waals surface area contributed by atoms with Crippen molar-refractivity contribution in [2.24, 2.45) is 0 Å². The highest BCUT2D eigenvalue weighted by Crippen LogP contribution is 2.19. The van der Waals surface area contributed by atoms with E-state index in [2.05, 4.69) is 36.9 Å². The van der Waals surface area contributed by atoms with E-state index in [1.165, 1.54) is 16.7 Å². The van der Waals surface area contributed by atoms with Crippen molar-refractivity contribution < 1.29 is 14.6 Å².